The van der Waals surface area contributed by atoms with Crippen molar-refractivity contribution in [2.24, 2.45) is 10.9 Å². The molecule has 0 bridgehead atoms. The van der Waals surface area contributed by atoms with Crippen LogP contribution in [0.4, 0.5) is 0 Å². The van der Waals surface area contributed by atoms with Gasteiger partial charge in [-0.3, -0.25) is 4.99 Å². The van der Waals surface area contributed by atoms with E-state index in [0.29, 0.717) is 5.92 Å². The highest BCUT2D eigenvalue weighted by Crippen LogP contribution is 1.89. The summed E-state index contributed by atoms with van der Waals surface area (Å²) in [5.74, 6) is 0.668. The van der Waals surface area contributed by atoms with Crippen molar-refractivity contribution in [3.63, 3.8) is 0 Å². The second-order valence-corrected chi connectivity index (χ2v) is 2.84. The fraction of sp³-hybridized carbons (Fsp3) is 0.857. The summed E-state index contributed by atoms with van der Waals surface area (Å²) in [6.45, 7) is 5.25. The molecule has 0 aromatic carbocycles. The molecule has 4 heteroatoms. The van der Waals surface area contributed by atoms with Gasteiger partial charge in [-0.1, -0.05) is 13.8 Å². The molecule has 0 fully saturated rings. The van der Waals surface area contributed by atoms with E-state index in [0.717, 1.165) is 6.54 Å². The number of hydrogen-bond donors (Lipinski definition) is 0. The molecule has 0 aromatic heterocycles. The van der Waals surface area contributed by atoms with E-state index in [1.807, 2.05) is 25.3 Å². The predicted octanol–water partition coefficient (Wildman–Crippen LogP) is 2.08. The van der Waals surface area contributed by atoms with Gasteiger partial charge in [0.25, 0.3) is 0 Å². The van der Waals surface area contributed by atoms with Gasteiger partial charge in [0.05, 0.1) is 6.34 Å². The minimum absolute atomic E-state index is 0. The van der Waals surface area contributed by atoms with Gasteiger partial charge in [-0.25, -0.2) is 0 Å². The standard InChI is InChI=1S/C7H16N2.2ClH/c1-7(2)5-8-6-9(3)4;;/h6-7H,5H2,1-4H3;2*1H. The third-order valence-electron chi connectivity index (χ3n) is 0.783. The fourth-order valence-electron chi connectivity index (χ4n) is 0.421. The fourth-order valence-corrected chi connectivity index (χ4v) is 0.421. The molecule has 0 aliphatic carbocycles. The minimum atomic E-state index is 0. The van der Waals surface area contributed by atoms with E-state index >= 15 is 0 Å². The molecule has 0 aliphatic rings. The van der Waals surface area contributed by atoms with Crippen LogP contribution in [0.3, 0.4) is 0 Å². The van der Waals surface area contributed by atoms with E-state index < -0.39 is 0 Å². The molecule has 0 unspecified atom stereocenters. The Morgan fingerprint density at radius 2 is 1.73 bits per heavy atom. The number of rotatable bonds is 3. The third-order valence-corrected chi connectivity index (χ3v) is 0.783. The monoisotopic (exact) mass is 200 g/mol. The van der Waals surface area contributed by atoms with Crippen LogP contribution in [0.1, 0.15) is 13.8 Å². The Morgan fingerprint density at radius 1 is 1.27 bits per heavy atom. The van der Waals surface area contributed by atoms with Crippen molar-refractivity contribution in [3.05, 3.63) is 0 Å². The molecular weight excluding hydrogens is 183 g/mol. The highest BCUT2D eigenvalue weighted by Gasteiger charge is 1.86. The molecule has 11 heavy (non-hydrogen) atoms. The molecule has 0 rings (SSSR count). The molecule has 0 amide bonds. The molecule has 0 saturated carbocycles. The highest BCUT2D eigenvalue weighted by atomic mass is 35.5. The van der Waals surface area contributed by atoms with Crippen molar-refractivity contribution < 1.29 is 0 Å². The summed E-state index contributed by atoms with van der Waals surface area (Å²) < 4.78 is 0. The molecule has 2 nitrogen and oxygen atoms in total. The molecular formula is C7H18Cl2N2. The smallest absolute Gasteiger partial charge is 0.0844 e. The molecule has 0 aromatic rings. The van der Waals surface area contributed by atoms with E-state index in [1.54, 1.807) is 0 Å². The van der Waals surface area contributed by atoms with Crippen LogP contribution in [-0.4, -0.2) is 31.9 Å². The van der Waals surface area contributed by atoms with Crippen LogP contribution in [-0.2, 0) is 0 Å². The van der Waals surface area contributed by atoms with Crippen LogP contribution in [0.25, 0.3) is 0 Å². The zero-order chi connectivity index (χ0) is 7.28. The van der Waals surface area contributed by atoms with Gasteiger partial charge < -0.3 is 4.90 Å². The zero-order valence-corrected chi connectivity index (χ0v) is 9.21. The molecule has 0 atom stereocenters. The molecule has 0 N–H and O–H groups in total. The Morgan fingerprint density at radius 3 is 2.00 bits per heavy atom. The van der Waals surface area contributed by atoms with E-state index in [1.165, 1.54) is 0 Å². The summed E-state index contributed by atoms with van der Waals surface area (Å²) >= 11 is 0. The Hall–Kier alpha value is 0.0500. The first-order chi connectivity index (χ1) is 4.13. The van der Waals surface area contributed by atoms with Crippen LogP contribution in [0.2, 0.25) is 0 Å². The first-order valence-corrected chi connectivity index (χ1v) is 3.29. The predicted molar refractivity (Wildman–Crippen MR) is 56.4 cm³/mol. The largest absolute Gasteiger partial charge is 0.369 e. The van der Waals surface area contributed by atoms with Crippen molar-refractivity contribution in [2.45, 2.75) is 13.8 Å². The van der Waals surface area contributed by atoms with Gasteiger partial charge in [0.15, 0.2) is 0 Å². The number of hydrogen-bond acceptors (Lipinski definition) is 1. The average Bonchev–Trinajstić information content (AvgIpc) is 1.63. The highest BCUT2D eigenvalue weighted by molar-refractivity contribution is 5.85. The lowest BCUT2D eigenvalue weighted by Crippen LogP contribution is -2.08. The maximum absolute atomic E-state index is 4.17. The normalized spacial score (nSPS) is 9.18. The number of halogens is 2. The van der Waals surface area contributed by atoms with E-state index in [4.69, 9.17) is 0 Å². The maximum Gasteiger partial charge on any atom is 0.0844 e. The van der Waals surface area contributed by atoms with Gasteiger partial charge in [-0.15, -0.1) is 24.8 Å². The third kappa shape index (κ3) is 17.8. The van der Waals surface area contributed by atoms with Crippen LogP contribution in [0.15, 0.2) is 4.99 Å². The second-order valence-electron chi connectivity index (χ2n) is 2.84. The SMILES string of the molecule is CC(C)CN=CN(C)C.Cl.Cl. The van der Waals surface area contributed by atoms with Gasteiger partial charge in [0, 0.05) is 20.6 Å². The first-order valence-electron chi connectivity index (χ1n) is 3.29. The molecule has 0 radical (unpaired) electrons. The van der Waals surface area contributed by atoms with Gasteiger partial charge in [-0.05, 0) is 5.92 Å². The van der Waals surface area contributed by atoms with Crippen molar-refractivity contribution in [1.29, 1.82) is 0 Å². The first kappa shape index (κ1) is 17.2. The van der Waals surface area contributed by atoms with Crippen molar-refractivity contribution in [1.82, 2.24) is 4.90 Å². The van der Waals surface area contributed by atoms with E-state index in [-0.39, 0.29) is 24.8 Å². The molecule has 0 aliphatic heterocycles. The van der Waals surface area contributed by atoms with Crippen LogP contribution >= 0.6 is 24.8 Å². The zero-order valence-electron chi connectivity index (χ0n) is 7.57. The van der Waals surface area contributed by atoms with E-state index in [9.17, 15) is 0 Å². The van der Waals surface area contributed by atoms with Crippen LogP contribution < -0.4 is 0 Å². The van der Waals surface area contributed by atoms with Gasteiger partial charge >= 0.3 is 0 Å². The summed E-state index contributed by atoms with van der Waals surface area (Å²) in [5.41, 5.74) is 0. The van der Waals surface area contributed by atoms with Crippen molar-refractivity contribution in [3.8, 4) is 0 Å². The Kier molecular flexibility index (Phi) is 15.7. The lowest BCUT2D eigenvalue weighted by Gasteiger charge is -2.03. The molecule has 0 spiro atoms. The maximum atomic E-state index is 4.17. The summed E-state index contributed by atoms with van der Waals surface area (Å²) in [5, 5.41) is 0. The average molecular weight is 201 g/mol. The Bertz CT molecular complexity index is 92.4. The molecule has 0 heterocycles. The minimum Gasteiger partial charge on any atom is -0.369 e. The topological polar surface area (TPSA) is 15.6 Å². The second kappa shape index (κ2) is 10.0. The van der Waals surface area contributed by atoms with Gasteiger partial charge in [0.2, 0.25) is 0 Å². The van der Waals surface area contributed by atoms with Crippen molar-refractivity contribution in [2.75, 3.05) is 20.6 Å². The lowest BCUT2D eigenvalue weighted by atomic mass is 10.2. The number of aliphatic imine (C=N–C) groups is 1. The summed E-state index contributed by atoms with van der Waals surface area (Å²) in [7, 11) is 3.95. The van der Waals surface area contributed by atoms with Gasteiger partial charge in [0.1, 0.15) is 0 Å². The molecule has 0 saturated heterocycles. The Labute approximate surface area is 81.9 Å². The quantitative estimate of drug-likeness (QED) is 0.504. The van der Waals surface area contributed by atoms with Crippen LogP contribution in [0, 0.1) is 5.92 Å². The number of nitrogens with zero attached hydrogens (tertiary/aromatic N) is 2. The summed E-state index contributed by atoms with van der Waals surface area (Å²) in [6, 6.07) is 0. The summed E-state index contributed by atoms with van der Waals surface area (Å²) in [4.78, 5) is 6.12. The van der Waals surface area contributed by atoms with Crippen molar-refractivity contribution >= 4 is 31.2 Å². The molecule has 70 valence electrons. The van der Waals surface area contributed by atoms with Gasteiger partial charge in [-0.2, -0.15) is 0 Å². The lowest BCUT2D eigenvalue weighted by molar-refractivity contribution is 0.619. The summed E-state index contributed by atoms with van der Waals surface area (Å²) in [6.07, 6.45) is 1.85. The Balaban J connectivity index is -0.000000320. The van der Waals surface area contributed by atoms with E-state index in [2.05, 4.69) is 18.8 Å². The van der Waals surface area contributed by atoms with Crippen LogP contribution in [0.5, 0.6) is 0 Å².